The molecule has 2 aromatic carbocycles. The van der Waals surface area contributed by atoms with Gasteiger partial charge in [-0.25, -0.2) is 0 Å². The molecule has 140 valence electrons. The van der Waals surface area contributed by atoms with Gasteiger partial charge in [-0.1, -0.05) is 30.4 Å². The SMILES string of the molecule is CCOP(=O)(Cc1cc(I)cc(/C=C/c2ccc(OC)cc2)c1)OCC. The number of ether oxygens (including phenoxy) is 1. The Morgan fingerprint density at radius 1 is 0.962 bits per heavy atom. The second-order valence-corrected chi connectivity index (χ2v) is 8.90. The zero-order valence-corrected chi connectivity index (χ0v) is 18.3. The van der Waals surface area contributed by atoms with Gasteiger partial charge in [-0.2, -0.15) is 0 Å². The molecule has 0 fully saturated rings. The fourth-order valence-electron chi connectivity index (χ4n) is 2.52. The molecule has 0 heterocycles. The summed E-state index contributed by atoms with van der Waals surface area (Å²) in [7, 11) is -1.45. The van der Waals surface area contributed by atoms with E-state index >= 15 is 0 Å². The van der Waals surface area contributed by atoms with E-state index in [0.29, 0.717) is 13.2 Å². The maximum atomic E-state index is 12.8. The Hall–Kier alpha value is -1.14. The van der Waals surface area contributed by atoms with Gasteiger partial charge in [0.15, 0.2) is 0 Å². The van der Waals surface area contributed by atoms with Gasteiger partial charge in [-0.05, 0) is 77.4 Å². The van der Waals surface area contributed by atoms with Crippen LogP contribution in [0.2, 0.25) is 0 Å². The van der Waals surface area contributed by atoms with Gasteiger partial charge < -0.3 is 13.8 Å². The van der Waals surface area contributed by atoms with Crippen molar-refractivity contribution in [2.24, 2.45) is 0 Å². The highest BCUT2D eigenvalue weighted by Gasteiger charge is 2.24. The minimum absolute atomic E-state index is 0.273. The van der Waals surface area contributed by atoms with Crippen molar-refractivity contribution in [2.75, 3.05) is 20.3 Å². The van der Waals surface area contributed by atoms with Crippen LogP contribution in [0, 0.1) is 3.57 Å². The van der Waals surface area contributed by atoms with E-state index in [4.69, 9.17) is 13.8 Å². The summed E-state index contributed by atoms with van der Waals surface area (Å²) in [6.07, 6.45) is 4.36. The Kier molecular flexibility index (Phi) is 8.35. The third-order valence-electron chi connectivity index (χ3n) is 3.59. The van der Waals surface area contributed by atoms with Gasteiger partial charge in [-0.3, -0.25) is 4.57 Å². The summed E-state index contributed by atoms with van der Waals surface area (Å²) in [5.74, 6) is 0.835. The Bertz CT molecular complexity index is 777. The lowest BCUT2D eigenvalue weighted by atomic mass is 10.1. The standard InChI is InChI=1S/C20H24IO4P/c1-4-24-26(22,25-5-2)15-18-12-17(13-19(21)14-18)7-6-16-8-10-20(23-3)11-9-16/h6-14H,4-5,15H2,1-3H3/b7-6+. The van der Waals surface area contributed by atoms with Crippen LogP contribution in [0.5, 0.6) is 5.75 Å². The molecular formula is C20H24IO4P. The molecule has 0 saturated carbocycles. The molecule has 4 nitrogen and oxygen atoms in total. The van der Waals surface area contributed by atoms with Crippen LogP contribution in [-0.4, -0.2) is 20.3 Å². The van der Waals surface area contributed by atoms with E-state index in [1.807, 2.05) is 62.4 Å². The fourth-order valence-corrected chi connectivity index (χ4v) is 4.95. The summed E-state index contributed by atoms with van der Waals surface area (Å²) in [5.41, 5.74) is 3.07. The Morgan fingerprint density at radius 2 is 1.58 bits per heavy atom. The summed E-state index contributed by atoms with van der Waals surface area (Å²) in [4.78, 5) is 0. The molecule has 0 amide bonds. The molecule has 0 radical (unpaired) electrons. The maximum Gasteiger partial charge on any atom is 0.335 e. The van der Waals surface area contributed by atoms with E-state index in [1.54, 1.807) is 7.11 Å². The van der Waals surface area contributed by atoms with E-state index in [0.717, 1.165) is 26.0 Å². The van der Waals surface area contributed by atoms with Gasteiger partial charge in [0.2, 0.25) is 0 Å². The average molecular weight is 486 g/mol. The topological polar surface area (TPSA) is 44.8 Å². The quantitative estimate of drug-likeness (QED) is 0.239. The Balaban J connectivity index is 2.20. The second kappa shape index (κ2) is 10.3. The van der Waals surface area contributed by atoms with E-state index in [-0.39, 0.29) is 6.16 Å². The Morgan fingerprint density at radius 3 is 2.15 bits per heavy atom. The van der Waals surface area contributed by atoms with Gasteiger partial charge in [0, 0.05) is 3.57 Å². The molecule has 0 N–H and O–H groups in total. The van der Waals surface area contributed by atoms with Crippen LogP contribution >= 0.6 is 30.2 Å². The van der Waals surface area contributed by atoms with Crippen LogP contribution in [0.25, 0.3) is 12.2 Å². The van der Waals surface area contributed by atoms with Crippen LogP contribution < -0.4 is 4.74 Å². The molecule has 26 heavy (non-hydrogen) atoms. The van der Waals surface area contributed by atoms with Crippen molar-refractivity contribution in [1.82, 2.24) is 0 Å². The molecule has 0 aliphatic heterocycles. The number of hydrogen-bond acceptors (Lipinski definition) is 4. The normalized spacial score (nSPS) is 11.8. The van der Waals surface area contributed by atoms with Crippen LogP contribution in [0.4, 0.5) is 0 Å². The monoisotopic (exact) mass is 486 g/mol. The van der Waals surface area contributed by atoms with E-state index in [2.05, 4.69) is 28.7 Å². The minimum atomic E-state index is -3.11. The molecule has 0 aliphatic carbocycles. The van der Waals surface area contributed by atoms with Crippen molar-refractivity contribution in [3.8, 4) is 5.75 Å². The number of rotatable bonds is 9. The largest absolute Gasteiger partial charge is 0.497 e. The average Bonchev–Trinajstić information content (AvgIpc) is 2.60. The van der Waals surface area contributed by atoms with Gasteiger partial charge >= 0.3 is 7.60 Å². The summed E-state index contributed by atoms with van der Waals surface area (Å²) in [6.45, 7) is 4.38. The van der Waals surface area contributed by atoms with Crippen molar-refractivity contribution in [3.05, 3.63) is 62.7 Å². The molecule has 0 aromatic heterocycles. The smallest absolute Gasteiger partial charge is 0.335 e. The van der Waals surface area contributed by atoms with Gasteiger partial charge in [-0.15, -0.1) is 0 Å². The zero-order valence-electron chi connectivity index (χ0n) is 15.3. The third kappa shape index (κ3) is 6.54. The molecule has 0 spiro atoms. The first-order chi connectivity index (χ1) is 12.5. The number of methoxy groups -OCH3 is 1. The van der Waals surface area contributed by atoms with Crippen LogP contribution in [0.3, 0.4) is 0 Å². The Labute approximate surface area is 169 Å². The molecule has 6 heteroatoms. The first kappa shape index (κ1) is 21.2. The minimum Gasteiger partial charge on any atom is -0.497 e. The molecule has 0 saturated heterocycles. The predicted octanol–water partition coefficient (Wildman–Crippen LogP) is 6.24. The summed E-state index contributed by atoms with van der Waals surface area (Å²) < 4.78 is 29.8. The highest BCUT2D eigenvalue weighted by atomic mass is 127. The molecule has 0 unspecified atom stereocenters. The van der Waals surface area contributed by atoms with Gasteiger partial charge in [0.25, 0.3) is 0 Å². The van der Waals surface area contributed by atoms with E-state index in [1.165, 1.54) is 0 Å². The number of benzene rings is 2. The summed E-state index contributed by atoms with van der Waals surface area (Å²) in [5, 5.41) is 0. The number of hydrogen-bond donors (Lipinski definition) is 0. The highest BCUT2D eigenvalue weighted by Crippen LogP contribution is 2.51. The van der Waals surface area contributed by atoms with Gasteiger partial charge in [0.05, 0.1) is 26.5 Å². The van der Waals surface area contributed by atoms with Gasteiger partial charge in [0.1, 0.15) is 5.75 Å². The van der Waals surface area contributed by atoms with Crippen molar-refractivity contribution < 1.29 is 18.3 Å². The van der Waals surface area contributed by atoms with Crippen molar-refractivity contribution in [3.63, 3.8) is 0 Å². The fraction of sp³-hybridized carbons (Fsp3) is 0.300. The zero-order chi connectivity index (χ0) is 19.0. The lowest BCUT2D eigenvalue weighted by Crippen LogP contribution is -1.99. The molecule has 0 aliphatic rings. The molecule has 2 rings (SSSR count). The predicted molar refractivity (Wildman–Crippen MR) is 116 cm³/mol. The third-order valence-corrected chi connectivity index (χ3v) is 6.27. The molecule has 0 atom stereocenters. The summed E-state index contributed by atoms with van der Waals surface area (Å²) in [6, 6.07) is 14.0. The van der Waals surface area contributed by atoms with Crippen LogP contribution in [0.15, 0.2) is 42.5 Å². The second-order valence-electron chi connectivity index (χ2n) is 5.60. The lowest BCUT2D eigenvalue weighted by Gasteiger charge is -2.17. The van der Waals surface area contributed by atoms with Crippen LogP contribution in [-0.2, 0) is 19.8 Å². The van der Waals surface area contributed by atoms with E-state index in [9.17, 15) is 4.57 Å². The highest BCUT2D eigenvalue weighted by molar-refractivity contribution is 14.1. The lowest BCUT2D eigenvalue weighted by molar-refractivity contribution is 0.219. The maximum absolute atomic E-state index is 12.8. The summed E-state index contributed by atoms with van der Waals surface area (Å²) >= 11 is 2.27. The number of halogens is 1. The van der Waals surface area contributed by atoms with E-state index < -0.39 is 7.60 Å². The molecular weight excluding hydrogens is 462 g/mol. The molecule has 0 bridgehead atoms. The first-order valence-corrected chi connectivity index (χ1v) is 11.3. The molecule has 2 aromatic rings. The van der Waals surface area contributed by atoms with Crippen molar-refractivity contribution in [2.45, 2.75) is 20.0 Å². The first-order valence-electron chi connectivity index (χ1n) is 8.47. The van der Waals surface area contributed by atoms with Crippen molar-refractivity contribution in [1.29, 1.82) is 0 Å². The van der Waals surface area contributed by atoms with Crippen LogP contribution in [0.1, 0.15) is 30.5 Å². The van der Waals surface area contributed by atoms with Crippen molar-refractivity contribution >= 4 is 42.3 Å².